The van der Waals surface area contributed by atoms with Gasteiger partial charge in [0.05, 0.1) is 7.11 Å². The van der Waals surface area contributed by atoms with E-state index in [1.165, 1.54) is 24.6 Å². The first-order chi connectivity index (χ1) is 17.5. The van der Waals surface area contributed by atoms with Gasteiger partial charge in [-0.2, -0.15) is 0 Å². The lowest BCUT2D eigenvalue weighted by Crippen LogP contribution is -2.65. The predicted octanol–water partition coefficient (Wildman–Crippen LogP) is 2.97. The van der Waals surface area contributed by atoms with Crippen LogP contribution >= 0.6 is 7.82 Å². The molecule has 5 atom stereocenters. The zero-order valence-electron chi connectivity index (χ0n) is 20.8. The maximum atomic E-state index is 11.5. The number of nitrogens with zero attached hydrogens (tertiary/aromatic N) is 1. The lowest BCUT2D eigenvalue weighted by Gasteiger charge is -2.56. The summed E-state index contributed by atoms with van der Waals surface area (Å²) in [6, 6.07) is 10.7. The number of phosphoric ester groups is 1. The molecule has 2 aliphatic carbocycles. The van der Waals surface area contributed by atoms with Gasteiger partial charge in [-0.1, -0.05) is 18.2 Å². The maximum absolute atomic E-state index is 11.5. The number of likely N-dealkylation sites (N-methyl/N-ethyl adjacent to an activating group) is 1. The fourth-order valence-corrected chi connectivity index (χ4v) is 6.87. The van der Waals surface area contributed by atoms with Crippen LogP contribution in [0, 0.1) is 5.92 Å². The zero-order valence-corrected chi connectivity index (χ0v) is 21.7. The summed E-state index contributed by atoms with van der Waals surface area (Å²) in [4.78, 5) is 31.7. The second-order valence-electron chi connectivity index (χ2n) is 9.91. The van der Waals surface area contributed by atoms with Crippen LogP contribution in [0.4, 0.5) is 5.69 Å². The van der Waals surface area contributed by atoms with Crippen LogP contribution in [-0.2, 0) is 25.7 Å². The van der Waals surface area contributed by atoms with E-state index in [0.717, 1.165) is 24.9 Å². The molecule has 37 heavy (non-hydrogen) atoms. The SMILES string of the molecule is CC(=O)Nc1ccc(O)cc1.COc1ccc2c3c1O[C@H]1[C@@H](OP(=O)(O)O)C=C[C@H]4[C@@H](C2)N(C)CC[C@@]341. The number of phosphoric acid groups is 1. The number of phenolic OH excluding ortho intramolecular Hbond substituents is 1. The molecule has 2 bridgehead atoms. The first kappa shape index (κ1) is 25.8. The molecule has 1 saturated heterocycles. The molecular weight excluding hydrogens is 499 g/mol. The van der Waals surface area contributed by atoms with E-state index < -0.39 is 20.0 Å². The molecule has 1 fully saturated rings. The van der Waals surface area contributed by atoms with Crippen LogP contribution in [0.3, 0.4) is 0 Å². The standard InChI is InChI=1S/C18H22NO6P.C8H9NO2/c1-19-8-7-18-11-4-6-14(25-26(20,21)22)17(18)24-16-13(23-2)5-3-10(15(16)18)9-12(11)19;1-6(10)9-7-2-4-8(11)5-3-7/h3-6,11-12,14,17H,7-9H2,1-2H3,(H2,20,21,22);2-5,11H,1H3,(H,9,10)/t11-,12+,14-,17-,18-;/m0./s1. The number of benzene rings is 2. The van der Waals surface area contributed by atoms with Crippen molar-refractivity contribution in [3.05, 3.63) is 59.7 Å². The molecule has 2 heterocycles. The third-order valence-corrected chi connectivity index (χ3v) is 8.30. The van der Waals surface area contributed by atoms with Crippen molar-refractivity contribution >= 4 is 19.4 Å². The van der Waals surface area contributed by atoms with Crippen LogP contribution in [0.1, 0.15) is 24.5 Å². The topological polar surface area (TPSA) is 138 Å². The first-order valence-electron chi connectivity index (χ1n) is 12.1. The third-order valence-electron chi connectivity index (χ3n) is 7.78. The van der Waals surface area contributed by atoms with Crippen molar-refractivity contribution in [2.45, 2.75) is 43.4 Å². The van der Waals surface area contributed by atoms with E-state index in [-0.39, 0.29) is 23.0 Å². The summed E-state index contributed by atoms with van der Waals surface area (Å²) in [5.74, 6) is 1.68. The zero-order chi connectivity index (χ0) is 26.5. The highest BCUT2D eigenvalue weighted by atomic mass is 31.2. The minimum atomic E-state index is -4.63. The summed E-state index contributed by atoms with van der Waals surface area (Å²) in [6.07, 6.45) is 4.37. The molecule has 0 unspecified atom stereocenters. The van der Waals surface area contributed by atoms with Gasteiger partial charge in [0.25, 0.3) is 0 Å². The van der Waals surface area contributed by atoms with Crippen molar-refractivity contribution in [1.82, 2.24) is 4.90 Å². The first-order valence-corrected chi connectivity index (χ1v) is 13.6. The molecule has 198 valence electrons. The molecule has 4 aliphatic rings. The van der Waals surface area contributed by atoms with Gasteiger partial charge in [0.15, 0.2) is 11.5 Å². The number of hydrogen-bond acceptors (Lipinski definition) is 7. The Bertz CT molecular complexity index is 1280. The molecule has 0 radical (unpaired) electrons. The van der Waals surface area contributed by atoms with Crippen LogP contribution in [0.2, 0.25) is 0 Å². The van der Waals surface area contributed by atoms with E-state index >= 15 is 0 Å². The van der Waals surface area contributed by atoms with Crippen molar-refractivity contribution in [3.63, 3.8) is 0 Å². The second kappa shape index (κ2) is 9.45. The number of rotatable bonds is 4. The monoisotopic (exact) mass is 530 g/mol. The molecule has 0 saturated carbocycles. The number of hydrogen-bond donors (Lipinski definition) is 4. The van der Waals surface area contributed by atoms with E-state index in [1.807, 2.05) is 6.07 Å². The summed E-state index contributed by atoms with van der Waals surface area (Å²) in [5.41, 5.74) is 2.75. The number of ether oxygens (including phenoxy) is 2. The van der Waals surface area contributed by atoms with Crippen molar-refractivity contribution in [1.29, 1.82) is 0 Å². The second-order valence-corrected chi connectivity index (χ2v) is 11.1. The fourth-order valence-electron chi connectivity index (χ4n) is 6.37. The van der Waals surface area contributed by atoms with Crippen LogP contribution < -0.4 is 14.8 Å². The third kappa shape index (κ3) is 4.53. The fraction of sp³-hybridized carbons (Fsp3) is 0.423. The van der Waals surface area contributed by atoms with Crippen LogP contribution in [0.5, 0.6) is 17.2 Å². The molecule has 11 heteroatoms. The lowest BCUT2D eigenvalue weighted by atomic mass is 9.53. The van der Waals surface area contributed by atoms with Crippen molar-refractivity contribution in [2.75, 3.05) is 26.0 Å². The summed E-state index contributed by atoms with van der Waals surface area (Å²) in [5, 5.41) is 11.5. The quantitative estimate of drug-likeness (QED) is 0.267. The Hall–Kier alpha value is -2.88. The van der Waals surface area contributed by atoms with Gasteiger partial charge in [0.2, 0.25) is 5.91 Å². The Morgan fingerprint density at radius 2 is 1.92 bits per heavy atom. The number of phenols is 1. The molecule has 2 aliphatic heterocycles. The van der Waals surface area contributed by atoms with E-state index in [1.54, 1.807) is 25.3 Å². The predicted molar refractivity (Wildman–Crippen MR) is 136 cm³/mol. The molecule has 2 aromatic rings. The van der Waals surface area contributed by atoms with Crippen molar-refractivity contribution in [3.8, 4) is 17.2 Å². The largest absolute Gasteiger partial charge is 0.508 e. The van der Waals surface area contributed by atoms with Gasteiger partial charge in [0, 0.05) is 35.5 Å². The lowest BCUT2D eigenvalue weighted by molar-refractivity contribution is -0.114. The van der Waals surface area contributed by atoms with Gasteiger partial charge in [-0.25, -0.2) is 4.57 Å². The maximum Gasteiger partial charge on any atom is 0.470 e. The van der Waals surface area contributed by atoms with Crippen LogP contribution in [0.25, 0.3) is 0 Å². The number of carbonyl (C=O) groups excluding carboxylic acids is 1. The van der Waals surface area contributed by atoms with Gasteiger partial charge in [-0.3, -0.25) is 9.32 Å². The van der Waals surface area contributed by atoms with Crippen molar-refractivity contribution in [2.24, 2.45) is 5.92 Å². The Morgan fingerprint density at radius 3 is 2.57 bits per heavy atom. The Morgan fingerprint density at radius 1 is 1.19 bits per heavy atom. The minimum Gasteiger partial charge on any atom is -0.508 e. The average Bonchev–Trinajstić information content (AvgIpc) is 3.18. The molecule has 4 N–H and O–H groups in total. The molecule has 10 nitrogen and oxygen atoms in total. The number of piperidine rings is 1. The van der Waals surface area contributed by atoms with E-state index in [0.29, 0.717) is 23.2 Å². The number of carbonyl (C=O) groups is 1. The highest BCUT2D eigenvalue weighted by molar-refractivity contribution is 7.46. The Kier molecular flexibility index (Phi) is 6.58. The summed E-state index contributed by atoms with van der Waals surface area (Å²) in [6.45, 7) is 2.35. The molecule has 1 spiro atoms. The van der Waals surface area contributed by atoms with Gasteiger partial charge >= 0.3 is 7.82 Å². The molecule has 2 aromatic carbocycles. The van der Waals surface area contributed by atoms with Gasteiger partial charge in [-0.15, -0.1) is 0 Å². The van der Waals surface area contributed by atoms with Gasteiger partial charge in [0.1, 0.15) is 18.0 Å². The molecule has 0 aromatic heterocycles. The summed E-state index contributed by atoms with van der Waals surface area (Å²) >= 11 is 0. The minimum absolute atomic E-state index is 0.115. The van der Waals surface area contributed by atoms with Gasteiger partial charge in [-0.05, 0) is 62.3 Å². The number of aromatic hydroxyl groups is 1. The number of likely N-dealkylation sites (tertiary alicyclic amines) is 1. The van der Waals surface area contributed by atoms with Crippen molar-refractivity contribution < 1.29 is 38.3 Å². The number of methoxy groups -OCH3 is 1. The normalized spacial score (nSPS) is 28.9. The molecular formula is C26H31N2O8P. The van der Waals surface area contributed by atoms with Gasteiger partial charge < -0.3 is 34.6 Å². The van der Waals surface area contributed by atoms with Crippen LogP contribution in [-0.4, -0.2) is 64.7 Å². The Balaban J connectivity index is 0.000000215. The smallest absolute Gasteiger partial charge is 0.470 e. The summed E-state index contributed by atoms with van der Waals surface area (Å²) in [7, 11) is -0.879. The number of anilines is 1. The summed E-state index contributed by atoms with van der Waals surface area (Å²) < 4.78 is 28.5. The highest BCUT2D eigenvalue weighted by Gasteiger charge is 2.65. The number of nitrogens with one attached hydrogen (secondary N) is 1. The molecule has 1 amide bonds. The molecule has 6 rings (SSSR count). The van der Waals surface area contributed by atoms with Crippen LogP contribution in [0.15, 0.2) is 48.6 Å². The highest BCUT2D eigenvalue weighted by Crippen LogP contribution is 2.63. The van der Waals surface area contributed by atoms with E-state index in [4.69, 9.17) is 19.1 Å². The van der Waals surface area contributed by atoms with E-state index in [2.05, 4.69) is 29.4 Å². The Labute approximate surface area is 215 Å². The van der Waals surface area contributed by atoms with E-state index in [9.17, 15) is 19.1 Å². The average molecular weight is 531 g/mol. The number of amides is 1.